The van der Waals surface area contributed by atoms with Gasteiger partial charge in [0.25, 0.3) is 0 Å². The monoisotopic (exact) mass is 355 g/mol. The number of hydrogen-bond acceptors (Lipinski definition) is 4. The van der Waals surface area contributed by atoms with E-state index in [1.165, 1.54) is 0 Å². The van der Waals surface area contributed by atoms with Gasteiger partial charge in [-0.25, -0.2) is 4.79 Å². The normalized spacial score (nSPS) is 10.9. The van der Waals surface area contributed by atoms with E-state index in [0.717, 1.165) is 23.0 Å². The number of benzene rings is 2. The quantitative estimate of drug-likeness (QED) is 0.617. The maximum Gasteiger partial charge on any atom is 0.407 e. The lowest BCUT2D eigenvalue weighted by atomic mass is 10.0. The van der Waals surface area contributed by atoms with E-state index < -0.39 is 11.7 Å². The van der Waals surface area contributed by atoms with Crippen LogP contribution in [0.2, 0.25) is 0 Å². The molecule has 0 aliphatic carbocycles. The van der Waals surface area contributed by atoms with Gasteiger partial charge in [-0.1, -0.05) is 29.8 Å². The predicted molar refractivity (Wildman–Crippen MR) is 102 cm³/mol. The summed E-state index contributed by atoms with van der Waals surface area (Å²) in [4.78, 5) is 22.8. The zero-order valence-electron chi connectivity index (χ0n) is 15.7. The zero-order chi connectivity index (χ0) is 19.2. The van der Waals surface area contributed by atoms with Gasteiger partial charge in [0, 0.05) is 5.56 Å². The molecule has 26 heavy (non-hydrogen) atoms. The summed E-state index contributed by atoms with van der Waals surface area (Å²) in [5.74, 6) is 0.581. The van der Waals surface area contributed by atoms with Crippen LogP contribution in [0.1, 0.15) is 36.7 Å². The molecule has 0 unspecified atom stereocenters. The summed E-state index contributed by atoms with van der Waals surface area (Å²) in [5.41, 5.74) is 3.08. The van der Waals surface area contributed by atoms with Crippen molar-refractivity contribution in [3.05, 3.63) is 53.6 Å². The van der Waals surface area contributed by atoms with Crippen molar-refractivity contribution in [1.29, 1.82) is 0 Å². The summed E-state index contributed by atoms with van der Waals surface area (Å²) >= 11 is 0. The average Bonchev–Trinajstić information content (AvgIpc) is 2.57. The van der Waals surface area contributed by atoms with Crippen molar-refractivity contribution in [2.45, 2.75) is 33.3 Å². The lowest BCUT2D eigenvalue weighted by Gasteiger charge is -2.19. The first kappa shape index (κ1) is 19.5. The second-order valence-corrected chi connectivity index (χ2v) is 7.06. The van der Waals surface area contributed by atoms with E-state index in [4.69, 9.17) is 9.47 Å². The lowest BCUT2D eigenvalue weighted by Crippen LogP contribution is -2.34. The molecule has 0 aliphatic rings. The van der Waals surface area contributed by atoms with Crippen molar-refractivity contribution in [1.82, 2.24) is 5.32 Å². The standard InChI is InChI=1S/C21H25NO4/c1-15-6-5-7-17(10-15)18-11-16(14-23)12-19(13-18)25-9-8-22-20(24)26-21(2,3)4/h5-7,10-14H,8-9H2,1-4H3,(H,22,24). The van der Waals surface area contributed by atoms with Gasteiger partial charge in [0.15, 0.2) is 0 Å². The van der Waals surface area contributed by atoms with E-state index >= 15 is 0 Å². The molecule has 0 heterocycles. The molecule has 0 atom stereocenters. The van der Waals surface area contributed by atoms with Crippen LogP contribution in [0.5, 0.6) is 5.75 Å². The number of ether oxygens (including phenoxy) is 2. The minimum Gasteiger partial charge on any atom is -0.492 e. The number of hydrogen-bond donors (Lipinski definition) is 1. The summed E-state index contributed by atoms with van der Waals surface area (Å²) in [6, 6.07) is 13.4. The Balaban J connectivity index is 2.00. The number of amides is 1. The number of aryl methyl sites for hydroxylation is 1. The van der Waals surface area contributed by atoms with Crippen LogP contribution >= 0.6 is 0 Å². The molecule has 0 saturated carbocycles. The molecule has 1 amide bonds. The summed E-state index contributed by atoms with van der Waals surface area (Å²) in [6.45, 7) is 8.02. The van der Waals surface area contributed by atoms with E-state index in [2.05, 4.69) is 11.4 Å². The molecule has 5 nitrogen and oxygen atoms in total. The number of carbonyl (C=O) groups excluding carboxylic acids is 2. The van der Waals surface area contributed by atoms with Crippen molar-refractivity contribution in [2.24, 2.45) is 0 Å². The molecular weight excluding hydrogens is 330 g/mol. The van der Waals surface area contributed by atoms with Crippen LogP contribution in [0.4, 0.5) is 4.79 Å². The minimum absolute atomic E-state index is 0.273. The van der Waals surface area contributed by atoms with Crippen molar-refractivity contribution in [3.63, 3.8) is 0 Å². The third-order valence-corrected chi connectivity index (χ3v) is 3.46. The fraction of sp³-hybridized carbons (Fsp3) is 0.333. The third-order valence-electron chi connectivity index (χ3n) is 3.46. The average molecular weight is 355 g/mol. The molecule has 1 N–H and O–H groups in total. The van der Waals surface area contributed by atoms with Crippen LogP contribution in [0, 0.1) is 6.92 Å². The largest absolute Gasteiger partial charge is 0.492 e. The topological polar surface area (TPSA) is 64.6 Å². The number of aldehydes is 1. The number of nitrogens with one attached hydrogen (secondary N) is 1. The molecule has 0 saturated heterocycles. The highest BCUT2D eigenvalue weighted by molar-refractivity contribution is 5.80. The lowest BCUT2D eigenvalue weighted by molar-refractivity contribution is 0.0520. The maximum absolute atomic E-state index is 11.6. The summed E-state index contributed by atoms with van der Waals surface area (Å²) in [7, 11) is 0. The van der Waals surface area contributed by atoms with Gasteiger partial charge in [-0.15, -0.1) is 0 Å². The van der Waals surface area contributed by atoms with Crippen molar-refractivity contribution in [3.8, 4) is 16.9 Å². The highest BCUT2D eigenvalue weighted by Gasteiger charge is 2.15. The van der Waals surface area contributed by atoms with Gasteiger partial charge in [0.2, 0.25) is 0 Å². The zero-order valence-corrected chi connectivity index (χ0v) is 15.7. The van der Waals surface area contributed by atoms with E-state index in [1.54, 1.807) is 26.8 Å². The third kappa shape index (κ3) is 6.24. The van der Waals surface area contributed by atoms with Gasteiger partial charge in [-0.05, 0) is 57.0 Å². The van der Waals surface area contributed by atoms with Crippen LogP contribution in [0.25, 0.3) is 11.1 Å². The summed E-state index contributed by atoms with van der Waals surface area (Å²) in [6.07, 6.45) is 0.314. The first-order valence-electron chi connectivity index (χ1n) is 8.54. The molecule has 0 aliphatic heterocycles. The van der Waals surface area contributed by atoms with Gasteiger partial charge in [-0.2, -0.15) is 0 Å². The molecule has 0 bridgehead atoms. The highest BCUT2D eigenvalue weighted by Crippen LogP contribution is 2.26. The molecule has 0 aromatic heterocycles. The molecule has 0 fully saturated rings. The SMILES string of the molecule is Cc1cccc(-c2cc(C=O)cc(OCCNC(=O)OC(C)(C)C)c2)c1. The molecule has 2 aromatic rings. The van der Waals surface area contributed by atoms with Gasteiger partial charge in [0.05, 0.1) is 6.54 Å². The molecule has 5 heteroatoms. The summed E-state index contributed by atoms with van der Waals surface area (Å²) < 4.78 is 10.9. The van der Waals surface area contributed by atoms with Gasteiger partial charge < -0.3 is 14.8 Å². The van der Waals surface area contributed by atoms with E-state index in [1.807, 2.05) is 37.3 Å². The van der Waals surface area contributed by atoms with Crippen molar-refractivity contribution >= 4 is 12.4 Å². The van der Waals surface area contributed by atoms with E-state index in [0.29, 0.717) is 17.9 Å². The predicted octanol–water partition coefficient (Wildman–Crippen LogP) is 4.38. The number of alkyl carbamates (subject to hydrolysis) is 1. The second-order valence-electron chi connectivity index (χ2n) is 7.06. The molecular formula is C21H25NO4. The highest BCUT2D eigenvalue weighted by atomic mass is 16.6. The minimum atomic E-state index is -0.536. The molecule has 0 spiro atoms. The van der Waals surface area contributed by atoms with Gasteiger partial charge in [0.1, 0.15) is 24.2 Å². The molecule has 0 radical (unpaired) electrons. The Hall–Kier alpha value is -2.82. The van der Waals surface area contributed by atoms with Crippen LogP contribution in [-0.4, -0.2) is 31.1 Å². The number of carbonyl (C=O) groups is 2. The first-order valence-corrected chi connectivity index (χ1v) is 8.54. The molecule has 2 rings (SSSR count). The first-order chi connectivity index (χ1) is 12.3. The Morgan fingerprint density at radius 1 is 1.12 bits per heavy atom. The fourth-order valence-electron chi connectivity index (χ4n) is 2.40. The Morgan fingerprint density at radius 2 is 1.88 bits per heavy atom. The Bertz CT molecular complexity index is 778. The molecule has 2 aromatic carbocycles. The van der Waals surface area contributed by atoms with Crippen molar-refractivity contribution < 1.29 is 19.1 Å². The Kier molecular flexibility index (Phi) is 6.39. The fourth-order valence-corrected chi connectivity index (χ4v) is 2.40. The van der Waals surface area contributed by atoms with Crippen LogP contribution in [-0.2, 0) is 4.74 Å². The smallest absolute Gasteiger partial charge is 0.407 e. The van der Waals surface area contributed by atoms with Crippen LogP contribution in [0.15, 0.2) is 42.5 Å². The van der Waals surface area contributed by atoms with Crippen LogP contribution in [0.3, 0.4) is 0 Å². The Morgan fingerprint density at radius 3 is 2.54 bits per heavy atom. The van der Waals surface area contributed by atoms with Crippen molar-refractivity contribution in [2.75, 3.05) is 13.2 Å². The maximum atomic E-state index is 11.6. The Labute approximate surface area is 154 Å². The van der Waals surface area contributed by atoms with Crippen LogP contribution < -0.4 is 10.1 Å². The van der Waals surface area contributed by atoms with Gasteiger partial charge >= 0.3 is 6.09 Å². The summed E-state index contributed by atoms with van der Waals surface area (Å²) in [5, 5.41) is 2.64. The molecule has 138 valence electrons. The number of rotatable bonds is 6. The second kappa shape index (κ2) is 8.52. The van der Waals surface area contributed by atoms with E-state index in [-0.39, 0.29) is 6.61 Å². The van der Waals surface area contributed by atoms with E-state index in [9.17, 15) is 9.59 Å². The van der Waals surface area contributed by atoms with Gasteiger partial charge in [-0.3, -0.25) is 4.79 Å².